The fourth-order valence-electron chi connectivity index (χ4n) is 2.55. The molecule has 1 unspecified atom stereocenters. The second kappa shape index (κ2) is 7.21. The highest BCUT2D eigenvalue weighted by atomic mass is 35.5. The number of aromatic nitrogens is 1. The molecular formula is C18H21ClN4O3. The minimum absolute atomic E-state index is 0.191. The highest BCUT2D eigenvalue weighted by Gasteiger charge is 2.44. The molecule has 138 valence electrons. The number of nitrogens with two attached hydrogens (primary N) is 2. The van der Waals surface area contributed by atoms with E-state index in [0.717, 1.165) is 0 Å². The molecule has 2 rings (SSSR count). The second-order valence-corrected chi connectivity index (χ2v) is 7.15. The Morgan fingerprint density at radius 3 is 2.42 bits per heavy atom. The van der Waals surface area contributed by atoms with Crippen LogP contribution >= 0.6 is 11.6 Å². The molecule has 1 atom stereocenters. The summed E-state index contributed by atoms with van der Waals surface area (Å²) in [6.45, 7) is 5.12. The molecule has 5 N–H and O–H groups in total. The fourth-order valence-corrected chi connectivity index (χ4v) is 2.73. The van der Waals surface area contributed by atoms with E-state index in [4.69, 9.17) is 27.8 Å². The summed E-state index contributed by atoms with van der Waals surface area (Å²) < 4.78 is 5.30. The van der Waals surface area contributed by atoms with E-state index in [9.17, 15) is 9.59 Å². The van der Waals surface area contributed by atoms with Gasteiger partial charge in [-0.2, -0.15) is 0 Å². The number of primary amides is 1. The minimum Gasteiger partial charge on any atom is -0.444 e. The van der Waals surface area contributed by atoms with Gasteiger partial charge in [0.25, 0.3) is 5.91 Å². The summed E-state index contributed by atoms with van der Waals surface area (Å²) in [5.41, 5.74) is 10.1. The van der Waals surface area contributed by atoms with Gasteiger partial charge in [0.2, 0.25) is 0 Å². The molecule has 0 aliphatic heterocycles. The molecule has 0 saturated carbocycles. The van der Waals surface area contributed by atoms with E-state index in [1.807, 2.05) is 0 Å². The van der Waals surface area contributed by atoms with Gasteiger partial charge in [-0.25, -0.2) is 4.79 Å². The summed E-state index contributed by atoms with van der Waals surface area (Å²) in [5.74, 6) is -0.842. The Labute approximate surface area is 156 Å². The topological polar surface area (TPSA) is 120 Å². The Bertz CT molecular complexity index is 821. The summed E-state index contributed by atoms with van der Waals surface area (Å²) in [6, 6.07) is 7.80. The number of hydrogen-bond donors (Lipinski definition) is 3. The van der Waals surface area contributed by atoms with Gasteiger partial charge in [0.05, 0.1) is 0 Å². The third-order valence-electron chi connectivity index (χ3n) is 3.57. The molecule has 0 radical (unpaired) electrons. The maximum Gasteiger partial charge on any atom is 0.409 e. The number of nitrogens with zero attached hydrogens (tertiary/aromatic N) is 1. The van der Waals surface area contributed by atoms with Gasteiger partial charge in [-0.1, -0.05) is 23.7 Å². The molecule has 0 aliphatic rings. The van der Waals surface area contributed by atoms with Crippen molar-refractivity contribution < 1.29 is 14.3 Å². The number of hydrogen-bond acceptors (Lipinski definition) is 5. The molecule has 26 heavy (non-hydrogen) atoms. The van der Waals surface area contributed by atoms with Crippen molar-refractivity contribution in [2.45, 2.75) is 31.9 Å². The number of anilines is 1. The first kappa shape index (κ1) is 19.5. The number of rotatable bonds is 4. The first-order valence-corrected chi connectivity index (χ1v) is 8.21. The fraction of sp³-hybridized carbons (Fsp3) is 0.278. The molecule has 0 aliphatic carbocycles. The van der Waals surface area contributed by atoms with Crippen molar-refractivity contribution in [1.82, 2.24) is 10.3 Å². The maximum atomic E-state index is 12.6. The van der Waals surface area contributed by atoms with E-state index in [1.165, 1.54) is 24.5 Å². The van der Waals surface area contributed by atoms with Gasteiger partial charge < -0.3 is 16.2 Å². The lowest BCUT2D eigenvalue weighted by atomic mass is 9.82. The van der Waals surface area contributed by atoms with Crippen molar-refractivity contribution in [1.29, 1.82) is 0 Å². The Morgan fingerprint density at radius 2 is 1.92 bits per heavy atom. The largest absolute Gasteiger partial charge is 0.444 e. The zero-order chi connectivity index (χ0) is 19.5. The van der Waals surface area contributed by atoms with Crippen molar-refractivity contribution in [3.05, 3.63) is 58.9 Å². The van der Waals surface area contributed by atoms with Crippen LogP contribution in [0.15, 0.2) is 42.7 Å². The number of carbonyl (C=O) groups excluding carboxylic acids is 2. The third kappa shape index (κ3) is 4.05. The van der Waals surface area contributed by atoms with Crippen LogP contribution in [0.4, 0.5) is 10.5 Å². The quantitative estimate of drug-likeness (QED) is 0.708. The molecule has 8 heteroatoms. The number of amides is 2. The minimum atomic E-state index is -1.77. The van der Waals surface area contributed by atoms with Crippen LogP contribution in [0.5, 0.6) is 0 Å². The Morgan fingerprint density at radius 1 is 1.23 bits per heavy atom. The highest BCUT2D eigenvalue weighted by molar-refractivity contribution is 6.30. The van der Waals surface area contributed by atoms with Crippen molar-refractivity contribution in [3.63, 3.8) is 0 Å². The highest BCUT2D eigenvalue weighted by Crippen LogP contribution is 2.34. The maximum absolute atomic E-state index is 12.6. The molecule has 1 aromatic carbocycles. The third-order valence-corrected chi connectivity index (χ3v) is 3.81. The van der Waals surface area contributed by atoms with Crippen molar-refractivity contribution in [2.75, 3.05) is 5.73 Å². The van der Waals surface area contributed by atoms with Crippen LogP contribution in [-0.2, 0) is 15.1 Å². The lowest BCUT2D eigenvalue weighted by Crippen LogP contribution is -2.56. The number of nitrogens with one attached hydrogen (secondary N) is 1. The predicted molar refractivity (Wildman–Crippen MR) is 99.4 cm³/mol. The summed E-state index contributed by atoms with van der Waals surface area (Å²) in [5, 5.41) is 2.96. The molecule has 0 spiro atoms. The van der Waals surface area contributed by atoms with Crippen LogP contribution < -0.4 is 16.8 Å². The van der Waals surface area contributed by atoms with Gasteiger partial charge in [-0.15, -0.1) is 0 Å². The van der Waals surface area contributed by atoms with E-state index in [-0.39, 0.29) is 11.3 Å². The van der Waals surface area contributed by atoms with E-state index in [0.29, 0.717) is 10.6 Å². The zero-order valence-electron chi connectivity index (χ0n) is 14.7. The predicted octanol–water partition coefficient (Wildman–Crippen LogP) is 2.57. The molecule has 0 bridgehead atoms. The number of ether oxygens (including phenoxy) is 1. The molecule has 2 amide bonds. The lowest BCUT2D eigenvalue weighted by molar-refractivity contribution is -0.123. The van der Waals surface area contributed by atoms with E-state index in [2.05, 4.69) is 10.3 Å². The summed E-state index contributed by atoms with van der Waals surface area (Å²) in [4.78, 5) is 29.1. The van der Waals surface area contributed by atoms with Crippen LogP contribution in [0.1, 0.15) is 31.9 Å². The van der Waals surface area contributed by atoms with E-state index >= 15 is 0 Å². The van der Waals surface area contributed by atoms with Crippen molar-refractivity contribution in [3.8, 4) is 0 Å². The smallest absolute Gasteiger partial charge is 0.409 e. The normalized spacial score (nSPS) is 13.5. The van der Waals surface area contributed by atoms with E-state index in [1.54, 1.807) is 39.0 Å². The number of nitrogen functional groups attached to an aromatic ring is 1. The molecule has 2 aromatic rings. The molecule has 1 heterocycles. The molecule has 1 aromatic heterocycles. The Balaban J connectivity index is 2.67. The number of benzene rings is 1. The van der Waals surface area contributed by atoms with Gasteiger partial charge >= 0.3 is 6.09 Å². The molecular weight excluding hydrogens is 356 g/mol. The monoisotopic (exact) mass is 376 g/mol. The first-order valence-electron chi connectivity index (χ1n) is 7.83. The number of pyridine rings is 1. The van der Waals surface area contributed by atoms with Crippen molar-refractivity contribution >= 4 is 29.3 Å². The van der Waals surface area contributed by atoms with Crippen LogP contribution in [0.2, 0.25) is 5.02 Å². The molecule has 7 nitrogen and oxygen atoms in total. The van der Waals surface area contributed by atoms with Gasteiger partial charge in [-0.3, -0.25) is 15.1 Å². The SMILES string of the molecule is CC(C)(C)OC(=O)NC(C(N)=O)(c1cccnc1)c1ccc(Cl)cc1N. The Kier molecular flexibility index (Phi) is 5.41. The number of halogens is 1. The molecule has 0 fully saturated rings. The standard InChI is InChI=1S/C18H21ClN4O3/c1-17(2,3)26-16(25)23-18(15(21)24,11-5-4-8-22-10-11)13-7-6-12(19)9-14(13)20/h4-10H,20H2,1-3H3,(H2,21,24)(H,23,25). The number of alkyl carbamates (subject to hydrolysis) is 1. The number of carbonyl (C=O) groups is 2. The van der Waals surface area contributed by atoms with Crippen molar-refractivity contribution in [2.24, 2.45) is 5.73 Å². The van der Waals surface area contributed by atoms with Crippen LogP contribution in [0.25, 0.3) is 0 Å². The van der Waals surface area contributed by atoms with E-state index < -0.39 is 23.1 Å². The van der Waals surface area contributed by atoms with Crippen LogP contribution in [0.3, 0.4) is 0 Å². The van der Waals surface area contributed by atoms with Gasteiger partial charge in [0.1, 0.15) is 5.60 Å². The average Bonchev–Trinajstić information content (AvgIpc) is 2.52. The molecule has 0 saturated heterocycles. The second-order valence-electron chi connectivity index (χ2n) is 6.71. The van der Waals surface area contributed by atoms with Crippen LogP contribution in [0, 0.1) is 0 Å². The van der Waals surface area contributed by atoms with Crippen LogP contribution in [-0.4, -0.2) is 22.6 Å². The lowest BCUT2D eigenvalue weighted by Gasteiger charge is -2.34. The average molecular weight is 377 g/mol. The zero-order valence-corrected chi connectivity index (χ0v) is 15.5. The first-order chi connectivity index (χ1) is 12.1. The Hall–Kier alpha value is -2.80. The summed E-state index contributed by atoms with van der Waals surface area (Å²) in [6.07, 6.45) is 2.14. The van der Waals surface area contributed by atoms with Gasteiger partial charge in [0.15, 0.2) is 5.54 Å². The van der Waals surface area contributed by atoms with Gasteiger partial charge in [0, 0.05) is 34.2 Å². The summed E-state index contributed by atoms with van der Waals surface area (Å²) in [7, 11) is 0. The van der Waals surface area contributed by atoms with Gasteiger partial charge in [-0.05, 0) is 39.0 Å². The summed E-state index contributed by atoms with van der Waals surface area (Å²) >= 11 is 5.96.